The van der Waals surface area contributed by atoms with Gasteiger partial charge in [0.1, 0.15) is 0 Å². The maximum atomic E-state index is 12.4. The predicted molar refractivity (Wildman–Crippen MR) is 72.7 cm³/mol. The number of allylic oxidation sites excluding steroid dienone is 2. The third-order valence-electron chi connectivity index (χ3n) is 3.36. The van der Waals surface area contributed by atoms with E-state index in [9.17, 15) is 4.79 Å². The lowest BCUT2D eigenvalue weighted by molar-refractivity contribution is 0.102. The van der Waals surface area contributed by atoms with Crippen molar-refractivity contribution in [1.29, 1.82) is 0 Å². The Kier molecular flexibility index (Phi) is 2.81. The first-order valence-corrected chi connectivity index (χ1v) is 6.20. The molecule has 0 amide bonds. The molecular weight excluding hydrogens is 220 g/mol. The maximum Gasteiger partial charge on any atom is 0.189 e. The van der Waals surface area contributed by atoms with E-state index in [0.29, 0.717) is 0 Å². The molecule has 0 fully saturated rings. The van der Waals surface area contributed by atoms with E-state index in [2.05, 4.69) is 18.2 Å². The lowest BCUT2D eigenvalue weighted by Gasteiger charge is -2.15. The van der Waals surface area contributed by atoms with Crippen LogP contribution in [0.4, 0.5) is 0 Å². The number of fused-ring (bicyclic) bond motifs is 1. The van der Waals surface area contributed by atoms with E-state index in [1.165, 1.54) is 5.56 Å². The van der Waals surface area contributed by atoms with E-state index in [-0.39, 0.29) is 5.78 Å². The Labute approximate surface area is 107 Å². The molecule has 18 heavy (non-hydrogen) atoms. The number of hydrogen-bond acceptors (Lipinski definition) is 1. The maximum absolute atomic E-state index is 12.4. The first-order chi connectivity index (χ1) is 8.84. The van der Waals surface area contributed by atoms with Crippen molar-refractivity contribution in [3.05, 3.63) is 82.9 Å². The van der Waals surface area contributed by atoms with Crippen molar-refractivity contribution in [3.8, 4) is 0 Å². The minimum atomic E-state index is 0.181. The van der Waals surface area contributed by atoms with Gasteiger partial charge in [0.2, 0.25) is 0 Å². The van der Waals surface area contributed by atoms with Crippen molar-refractivity contribution in [1.82, 2.24) is 0 Å². The molecule has 0 saturated heterocycles. The van der Waals surface area contributed by atoms with Crippen LogP contribution in [0, 0.1) is 0 Å². The first kappa shape index (κ1) is 11.0. The topological polar surface area (TPSA) is 17.1 Å². The van der Waals surface area contributed by atoms with Gasteiger partial charge in [-0.1, -0.05) is 60.7 Å². The predicted octanol–water partition coefficient (Wildman–Crippen LogP) is 3.59. The molecule has 0 heterocycles. The smallest absolute Gasteiger partial charge is 0.189 e. The monoisotopic (exact) mass is 234 g/mol. The van der Waals surface area contributed by atoms with Crippen LogP contribution in [0.1, 0.15) is 21.5 Å². The molecule has 3 rings (SSSR count). The second kappa shape index (κ2) is 4.61. The fourth-order valence-corrected chi connectivity index (χ4v) is 2.39. The van der Waals surface area contributed by atoms with Crippen molar-refractivity contribution in [2.24, 2.45) is 0 Å². The van der Waals surface area contributed by atoms with Crippen LogP contribution in [0.2, 0.25) is 0 Å². The van der Waals surface area contributed by atoms with Gasteiger partial charge in [-0.2, -0.15) is 0 Å². The van der Waals surface area contributed by atoms with E-state index in [1.807, 2.05) is 42.5 Å². The quantitative estimate of drug-likeness (QED) is 0.776. The number of hydrogen-bond donors (Lipinski definition) is 0. The first-order valence-electron chi connectivity index (χ1n) is 6.20. The van der Waals surface area contributed by atoms with Crippen LogP contribution in [-0.4, -0.2) is 5.78 Å². The highest BCUT2D eigenvalue weighted by Crippen LogP contribution is 2.23. The molecule has 0 spiro atoms. The van der Waals surface area contributed by atoms with E-state index in [1.54, 1.807) is 0 Å². The van der Waals surface area contributed by atoms with Crippen LogP contribution in [0.5, 0.6) is 0 Å². The lowest BCUT2D eigenvalue weighted by Crippen LogP contribution is -2.13. The highest BCUT2D eigenvalue weighted by molar-refractivity contribution is 6.10. The molecule has 0 aliphatic heterocycles. The second-order valence-corrected chi connectivity index (χ2v) is 4.58. The molecule has 0 unspecified atom stereocenters. The molecule has 2 aromatic carbocycles. The summed E-state index contributed by atoms with van der Waals surface area (Å²) in [5.74, 6) is 0.181. The molecule has 0 radical (unpaired) electrons. The summed E-state index contributed by atoms with van der Waals surface area (Å²) < 4.78 is 0. The zero-order chi connectivity index (χ0) is 12.4. The summed E-state index contributed by atoms with van der Waals surface area (Å²) in [7, 11) is 0. The molecule has 0 saturated carbocycles. The third kappa shape index (κ3) is 2.00. The third-order valence-corrected chi connectivity index (χ3v) is 3.36. The number of Topliss-reactive ketones (excluding diaryl/α,β-unsaturated/α-hetero) is 1. The highest BCUT2D eigenvalue weighted by Gasteiger charge is 2.19. The summed E-state index contributed by atoms with van der Waals surface area (Å²) in [6.07, 6.45) is 3.66. The van der Waals surface area contributed by atoms with Gasteiger partial charge >= 0.3 is 0 Å². The molecule has 1 heteroatoms. The molecule has 2 aromatic rings. The van der Waals surface area contributed by atoms with Gasteiger partial charge in [0, 0.05) is 17.6 Å². The Morgan fingerprint density at radius 1 is 0.889 bits per heavy atom. The molecule has 88 valence electrons. The minimum Gasteiger partial charge on any atom is -0.289 e. The average molecular weight is 234 g/mol. The van der Waals surface area contributed by atoms with Crippen LogP contribution in [0.25, 0.3) is 0 Å². The number of rotatable bonds is 2. The van der Waals surface area contributed by atoms with Crippen molar-refractivity contribution in [3.63, 3.8) is 0 Å². The SMILES string of the molecule is O=C1C(Cc2ccccc2)=CCc2ccccc21. The van der Waals surface area contributed by atoms with Gasteiger partial charge in [0.25, 0.3) is 0 Å². The summed E-state index contributed by atoms with van der Waals surface area (Å²) in [4.78, 5) is 12.4. The molecule has 0 atom stereocenters. The standard InChI is InChI=1S/C17H14O/c18-17-15(12-13-6-2-1-3-7-13)11-10-14-8-4-5-9-16(14)17/h1-9,11H,10,12H2. The minimum absolute atomic E-state index is 0.181. The summed E-state index contributed by atoms with van der Waals surface area (Å²) in [5.41, 5.74) is 4.11. The van der Waals surface area contributed by atoms with Gasteiger partial charge in [0.15, 0.2) is 5.78 Å². The van der Waals surface area contributed by atoms with Gasteiger partial charge in [0.05, 0.1) is 0 Å². The van der Waals surface area contributed by atoms with Crippen molar-refractivity contribution >= 4 is 5.78 Å². The Hall–Kier alpha value is -2.15. The summed E-state index contributed by atoms with van der Waals surface area (Å²) in [6, 6.07) is 18.0. The van der Waals surface area contributed by atoms with Crippen LogP contribution in [-0.2, 0) is 12.8 Å². The van der Waals surface area contributed by atoms with Gasteiger partial charge < -0.3 is 0 Å². The molecule has 0 N–H and O–H groups in total. The Morgan fingerprint density at radius 3 is 2.44 bits per heavy atom. The Morgan fingerprint density at radius 2 is 1.61 bits per heavy atom. The second-order valence-electron chi connectivity index (χ2n) is 4.58. The van der Waals surface area contributed by atoms with E-state index >= 15 is 0 Å². The fourth-order valence-electron chi connectivity index (χ4n) is 2.39. The number of benzene rings is 2. The Bertz CT molecular complexity index is 609. The number of ketones is 1. The average Bonchev–Trinajstić information content (AvgIpc) is 2.43. The normalized spacial score (nSPS) is 14.0. The lowest BCUT2D eigenvalue weighted by atomic mass is 9.87. The molecule has 0 bridgehead atoms. The molecule has 1 aliphatic carbocycles. The van der Waals surface area contributed by atoms with Crippen LogP contribution < -0.4 is 0 Å². The van der Waals surface area contributed by atoms with E-state index in [4.69, 9.17) is 0 Å². The van der Waals surface area contributed by atoms with Crippen LogP contribution in [0.15, 0.2) is 66.2 Å². The number of carbonyl (C=O) groups excluding carboxylic acids is 1. The van der Waals surface area contributed by atoms with Gasteiger partial charge in [-0.25, -0.2) is 0 Å². The van der Waals surface area contributed by atoms with Crippen molar-refractivity contribution in [2.45, 2.75) is 12.8 Å². The van der Waals surface area contributed by atoms with Gasteiger partial charge in [-0.3, -0.25) is 4.79 Å². The van der Waals surface area contributed by atoms with E-state index in [0.717, 1.165) is 29.5 Å². The zero-order valence-electron chi connectivity index (χ0n) is 10.1. The van der Waals surface area contributed by atoms with Crippen molar-refractivity contribution in [2.75, 3.05) is 0 Å². The largest absolute Gasteiger partial charge is 0.289 e. The van der Waals surface area contributed by atoms with Crippen molar-refractivity contribution < 1.29 is 4.79 Å². The highest BCUT2D eigenvalue weighted by atomic mass is 16.1. The van der Waals surface area contributed by atoms with E-state index < -0.39 is 0 Å². The molecule has 1 aliphatic rings. The zero-order valence-corrected chi connectivity index (χ0v) is 10.1. The Balaban J connectivity index is 1.88. The summed E-state index contributed by atoms with van der Waals surface area (Å²) >= 11 is 0. The van der Waals surface area contributed by atoms with Crippen LogP contribution >= 0.6 is 0 Å². The summed E-state index contributed by atoms with van der Waals surface area (Å²) in [6.45, 7) is 0. The fraction of sp³-hybridized carbons (Fsp3) is 0.118. The number of carbonyl (C=O) groups is 1. The van der Waals surface area contributed by atoms with Gasteiger partial charge in [-0.05, 0) is 17.5 Å². The van der Waals surface area contributed by atoms with Crippen LogP contribution in [0.3, 0.4) is 0 Å². The molecule has 1 nitrogen and oxygen atoms in total. The van der Waals surface area contributed by atoms with Gasteiger partial charge in [-0.15, -0.1) is 0 Å². The molecular formula is C17H14O. The summed E-state index contributed by atoms with van der Waals surface area (Å²) in [5, 5.41) is 0. The molecule has 0 aromatic heterocycles.